The number of fused-ring (bicyclic) bond motifs is 9. The monoisotopic (exact) mass is 679 g/mol. The molecule has 5 heteroatoms. The summed E-state index contributed by atoms with van der Waals surface area (Å²) in [4.78, 5) is 15.4. The molecule has 0 amide bonds. The van der Waals surface area contributed by atoms with E-state index in [1.807, 2.05) is 36.4 Å². The van der Waals surface area contributed by atoms with Crippen LogP contribution >= 0.6 is 0 Å². The van der Waals surface area contributed by atoms with Gasteiger partial charge in [-0.3, -0.25) is 4.57 Å². The number of para-hydroxylation sites is 2. The van der Waals surface area contributed by atoms with Gasteiger partial charge in [-0.1, -0.05) is 141 Å². The third-order valence-corrected chi connectivity index (χ3v) is 11.2. The summed E-state index contributed by atoms with van der Waals surface area (Å²) < 4.78 is 4.65. The summed E-state index contributed by atoms with van der Waals surface area (Å²) in [5, 5.41) is 4.74. The molecule has 0 bridgehead atoms. The van der Waals surface area contributed by atoms with E-state index in [1.165, 1.54) is 38.5 Å². The van der Waals surface area contributed by atoms with Gasteiger partial charge in [-0.05, 0) is 58.7 Å². The number of nitrogens with zero attached hydrogens (tertiary/aromatic N) is 5. The van der Waals surface area contributed by atoms with Crippen molar-refractivity contribution >= 4 is 43.6 Å². The lowest BCUT2D eigenvalue weighted by atomic mass is 9.82. The largest absolute Gasteiger partial charge is 0.309 e. The normalized spacial score (nSPS) is 13.2. The van der Waals surface area contributed by atoms with E-state index in [0.717, 1.165) is 44.1 Å². The van der Waals surface area contributed by atoms with Gasteiger partial charge in [0.15, 0.2) is 11.6 Å². The highest BCUT2D eigenvalue weighted by molar-refractivity contribution is 6.19. The van der Waals surface area contributed by atoms with E-state index in [4.69, 9.17) is 15.0 Å². The van der Waals surface area contributed by atoms with Crippen molar-refractivity contribution in [1.29, 1.82) is 0 Å². The van der Waals surface area contributed by atoms with Crippen LogP contribution in [0.3, 0.4) is 0 Å². The van der Waals surface area contributed by atoms with Gasteiger partial charge in [0, 0.05) is 43.8 Å². The second-order valence-corrected chi connectivity index (χ2v) is 14.5. The smallest absolute Gasteiger partial charge is 0.238 e. The van der Waals surface area contributed by atoms with Gasteiger partial charge in [-0.2, -0.15) is 9.97 Å². The molecule has 0 saturated heterocycles. The second-order valence-electron chi connectivity index (χ2n) is 14.5. The Kier molecular flexibility index (Phi) is 6.23. The van der Waals surface area contributed by atoms with Crippen LogP contribution in [0.1, 0.15) is 25.0 Å². The molecule has 53 heavy (non-hydrogen) atoms. The maximum Gasteiger partial charge on any atom is 0.238 e. The maximum absolute atomic E-state index is 5.18. The molecule has 3 heterocycles. The first kappa shape index (κ1) is 29.8. The van der Waals surface area contributed by atoms with Crippen molar-refractivity contribution in [3.8, 4) is 45.5 Å². The van der Waals surface area contributed by atoms with Crippen LogP contribution in [-0.2, 0) is 5.41 Å². The van der Waals surface area contributed by atoms with Gasteiger partial charge < -0.3 is 4.57 Å². The summed E-state index contributed by atoms with van der Waals surface area (Å²) in [6.45, 7) is 4.67. The molecule has 0 aliphatic heterocycles. The third-order valence-electron chi connectivity index (χ3n) is 11.2. The minimum absolute atomic E-state index is 0.0554. The minimum Gasteiger partial charge on any atom is -0.309 e. The first-order valence-corrected chi connectivity index (χ1v) is 18.1. The van der Waals surface area contributed by atoms with Crippen LogP contribution in [0.4, 0.5) is 0 Å². The highest BCUT2D eigenvalue weighted by Crippen LogP contribution is 2.49. The lowest BCUT2D eigenvalue weighted by Gasteiger charge is -2.21. The van der Waals surface area contributed by atoms with Gasteiger partial charge in [0.1, 0.15) is 0 Å². The van der Waals surface area contributed by atoms with Crippen LogP contribution in [0.25, 0.3) is 89.2 Å². The third kappa shape index (κ3) is 4.34. The molecule has 0 saturated carbocycles. The van der Waals surface area contributed by atoms with Gasteiger partial charge in [-0.25, -0.2) is 4.98 Å². The molecular formula is C48H33N5. The van der Waals surface area contributed by atoms with Crippen LogP contribution < -0.4 is 0 Å². The fourth-order valence-electron chi connectivity index (χ4n) is 8.67. The van der Waals surface area contributed by atoms with Crippen molar-refractivity contribution in [3.63, 3.8) is 0 Å². The average molecular weight is 680 g/mol. The van der Waals surface area contributed by atoms with Crippen molar-refractivity contribution in [2.45, 2.75) is 19.3 Å². The van der Waals surface area contributed by atoms with Gasteiger partial charge in [-0.15, -0.1) is 0 Å². The molecular weight excluding hydrogens is 647 g/mol. The molecule has 7 aromatic carbocycles. The van der Waals surface area contributed by atoms with Crippen LogP contribution in [0, 0.1) is 0 Å². The number of hydrogen-bond acceptors (Lipinski definition) is 3. The molecule has 10 aromatic rings. The minimum atomic E-state index is -0.0554. The van der Waals surface area contributed by atoms with E-state index >= 15 is 0 Å². The Morgan fingerprint density at radius 3 is 1.58 bits per heavy atom. The summed E-state index contributed by atoms with van der Waals surface area (Å²) >= 11 is 0. The highest BCUT2D eigenvalue weighted by Gasteiger charge is 2.35. The molecule has 0 radical (unpaired) electrons. The molecule has 1 aliphatic rings. The zero-order chi connectivity index (χ0) is 35.3. The SMILES string of the molecule is CC1(C)c2ccccc2-c2cc(-n3c4ccccc4c4cc5c6ccccc6n(-c6nc(-c7ccccc7)nc(-c7ccccc7)n6)c5cc43)ccc21. The summed E-state index contributed by atoms with van der Waals surface area (Å²) in [6, 6.07) is 58.2. The van der Waals surface area contributed by atoms with Crippen molar-refractivity contribution < 1.29 is 0 Å². The van der Waals surface area contributed by atoms with Crippen LogP contribution in [-0.4, -0.2) is 24.1 Å². The Hall–Kier alpha value is -6.85. The molecule has 0 fully saturated rings. The first-order chi connectivity index (χ1) is 26.0. The van der Waals surface area contributed by atoms with Gasteiger partial charge in [0.2, 0.25) is 5.95 Å². The summed E-state index contributed by atoms with van der Waals surface area (Å²) in [6.07, 6.45) is 0. The number of aromatic nitrogens is 5. The fourth-order valence-corrected chi connectivity index (χ4v) is 8.67. The number of rotatable bonds is 4. The van der Waals surface area contributed by atoms with Crippen LogP contribution in [0.15, 0.2) is 164 Å². The van der Waals surface area contributed by atoms with E-state index in [1.54, 1.807) is 0 Å². The first-order valence-electron chi connectivity index (χ1n) is 18.1. The summed E-state index contributed by atoms with van der Waals surface area (Å²) in [5.74, 6) is 1.86. The second kappa shape index (κ2) is 11.1. The number of hydrogen-bond donors (Lipinski definition) is 0. The molecule has 0 N–H and O–H groups in total. The molecule has 0 unspecified atom stereocenters. The lowest BCUT2D eigenvalue weighted by Crippen LogP contribution is -2.14. The molecule has 1 aliphatic carbocycles. The van der Waals surface area contributed by atoms with Gasteiger partial charge in [0.25, 0.3) is 0 Å². The predicted octanol–water partition coefficient (Wildman–Crippen LogP) is 11.7. The van der Waals surface area contributed by atoms with Gasteiger partial charge >= 0.3 is 0 Å². The lowest BCUT2D eigenvalue weighted by molar-refractivity contribution is 0.660. The molecule has 11 rings (SSSR count). The van der Waals surface area contributed by atoms with Crippen LogP contribution in [0.5, 0.6) is 0 Å². The van der Waals surface area contributed by atoms with Crippen molar-refractivity contribution in [2.24, 2.45) is 0 Å². The zero-order valence-electron chi connectivity index (χ0n) is 29.3. The van der Waals surface area contributed by atoms with Crippen molar-refractivity contribution in [1.82, 2.24) is 24.1 Å². The fraction of sp³-hybridized carbons (Fsp3) is 0.0625. The quantitative estimate of drug-likeness (QED) is 0.186. The Morgan fingerprint density at radius 2 is 0.925 bits per heavy atom. The molecule has 250 valence electrons. The molecule has 3 aromatic heterocycles. The maximum atomic E-state index is 5.18. The molecule has 0 atom stereocenters. The van der Waals surface area contributed by atoms with E-state index in [2.05, 4.69) is 150 Å². The predicted molar refractivity (Wildman–Crippen MR) is 217 cm³/mol. The zero-order valence-corrected chi connectivity index (χ0v) is 29.3. The Morgan fingerprint density at radius 1 is 0.396 bits per heavy atom. The molecule has 0 spiro atoms. The van der Waals surface area contributed by atoms with E-state index in [9.17, 15) is 0 Å². The van der Waals surface area contributed by atoms with E-state index < -0.39 is 0 Å². The van der Waals surface area contributed by atoms with Crippen LogP contribution in [0.2, 0.25) is 0 Å². The standard InChI is InChI=1S/C48H33N5/c1-48(2)39-22-12-9-19-33(39)36-27-32(25-26-40(36)48)52-41-23-13-10-20-34(41)37-28-38-35-21-11-14-24-42(35)53(44(38)29-43(37)52)47-50-45(30-15-5-3-6-16-30)49-46(51-47)31-17-7-4-8-18-31/h3-29H,1-2H3. The molecule has 5 nitrogen and oxygen atoms in total. The topological polar surface area (TPSA) is 48.5 Å². The Bertz CT molecular complexity index is 3020. The van der Waals surface area contributed by atoms with Gasteiger partial charge in [0.05, 0.1) is 22.1 Å². The van der Waals surface area contributed by atoms with Crippen molar-refractivity contribution in [2.75, 3.05) is 0 Å². The Labute approximate surface area is 306 Å². The average Bonchev–Trinajstić information content (AvgIpc) is 3.80. The highest BCUT2D eigenvalue weighted by atomic mass is 15.2. The summed E-state index contributed by atoms with van der Waals surface area (Å²) in [5.41, 5.74) is 12.7. The number of benzene rings is 7. The summed E-state index contributed by atoms with van der Waals surface area (Å²) in [7, 11) is 0. The van der Waals surface area contributed by atoms with E-state index in [0.29, 0.717) is 17.6 Å². The van der Waals surface area contributed by atoms with E-state index in [-0.39, 0.29) is 5.41 Å². The van der Waals surface area contributed by atoms with Crippen molar-refractivity contribution in [3.05, 3.63) is 175 Å². The Balaban J connectivity index is 1.22.